The highest BCUT2D eigenvalue weighted by Crippen LogP contribution is 2.19. The van der Waals surface area contributed by atoms with E-state index >= 15 is 0 Å². The molecule has 5 heteroatoms. The number of hydrogen-bond donors (Lipinski definition) is 1. The van der Waals surface area contributed by atoms with E-state index in [9.17, 15) is 0 Å². The lowest BCUT2D eigenvalue weighted by atomic mass is 10.3. The molecule has 0 radical (unpaired) electrons. The van der Waals surface area contributed by atoms with E-state index in [1.165, 1.54) is 12.8 Å². The minimum absolute atomic E-state index is 0.699. The van der Waals surface area contributed by atoms with Gasteiger partial charge in [0.25, 0.3) is 0 Å². The van der Waals surface area contributed by atoms with Crippen molar-refractivity contribution in [2.45, 2.75) is 32.0 Å². The van der Waals surface area contributed by atoms with Gasteiger partial charge in [-0.3, -0.25) is 9.97 Å². The van der Waals surface area contributed by atoms with Crippen LogP contribution in [0, 0.1) is 0 Å². The molecule has 3 rings (SSSR count). The Balaban J connectivity index is 1.58. The summed E-state index contributed by atoms with van der Waals surface area (Å²) in [5.41, 5.74) is 2.16. The number of nitrogens with one attached hydrogen (secondary N) is 1. The van der Waals surface area contributed by atoms with Gasteiger partial charge in [-0.1, -0.05) is 6.07 Å². The Bertz CT molecular complexity index is 536. The van der Waals surface area contributed by atoms with E-state index in [-0.39, 0.29) is 0 Å². The predicted molar refractivity (Wildman–Crippen MR) is 78.2 cm³/mol. The van der Waals surface area contributed by atoms with E-state index in [0.29, 0.717) is 6.04 Å². The summed E-state index contributed by atoms with van der Waals surface area (Å²) >= 11 is 0. The molecule has 0 aromatic carbocycles. The minimum atomic E-state index is 0.699. The molecule has 1 fully saturated rings. The molecule has 1 saturated carbocycles. The molecule has 2 heterocycles. The van der Waals surface area contributed by atoms with Gasteiger partial charge in [0.2, 0.25) is 0 Å². The Morgan fingerprint density at radius 1 is 1.25 bits per heavy atom. The molecule has 0 aliphatic heterocycles. The topological polar surface area (TPSA) is 53.9 Å². The first-order valence-corrected chi connectivity index (χ1v) is 6.95. The first-order valence-electron chi connectivity index (χ1n) is 6.95. The zero-order valence-corrected chi connectivity index (χ0v) is 11.7. The van der Waals surface area contributed by atoms with Crippen molar-refractivity contribution in [3.63, 3.8) is 0 Å². The number of rotatable bonds is 6. The van der Waals surface area contributed by atoms with E-state index in [4.69, 9.17) is 0 Å². The Kier molecular flexibility index (Phi) is 3.87. The molecule has 0 spiro atoms. The third kappa shape index (κ3) is 3.51. The molecule has 1 aliphatic rings. The van der Waals surface area contributed by atoms with Crippen LogP contribution < -0.4 is 10.2 Å². The van der Waals surface area contributed by atoms with Gasteiger partial charge in [0.05, 0.1) is 18.1 Å². The molecular weight excluding hydrogens is 250 g/mol. The molecule has 0 unspecified atom stereocenters. The number of anilines is 1. The molecule has 0 bridgehead atoms. The second-order valence-corrected chi connectivity index (χ2v) is 5.24. The normalized spacial score (nSPS) is 14.2. The first kappa shape index (κ1) is 13.0. The van der Waals surface area contributed by atoms with Crippen LogP contribution in [0.4, 0.5) is 5.82 Å². The van der Waals surface area contributed by atoms with Crippen molar-refractivity contribution in [1.29, 1.82) is 0 Å². The quantitative estimate of drug-likeness (QED) is 0.866. The van der Waals surface area contributed by atoms with Crippen LogP contribution in [0.5, 0.6) is 0 Å². The van der Waals surface area contributed by atoms with Crippen molar-refractivity contribution in [3.8, 4) is 0 Å². The predicted octanol–water partition coefficient (Wildman–Crippen LogP) is 1.76. The summed E-state index contributed by atoms with van der Waals surface area (Å²) in [5, 5.41) is 3.44. The fraction of sp³-hybridized carbons (Fsp3) is 0.400. The first-order chi connectivity index (χ1) is 9.81. The maximum absolute atomic E-state index is 4.48. The molecule has 2 aromatic heterocycles. The van der Waals surface area contributed by atoms with Gasteiger partial charge in [0, 0.05) is 38.6 Å². The molecule has 2 aromatic rings. The largest absolute Gasteiger partial charge is 0.354 e. The number of aromatic nitrogens is 3. The number of nitrogens with zero attached hydrogens (tertiary/aromatic N) is 4. The van der Waals surface area contributed by atoms with Gasteiger partial charge in [-0.25, -0.2) is 4.98 Å². The smallest absolute Gasteiger partial charge is 0.147 e. The summed E-state index contributed by atoms with van der Waals surface area (Å²) in [6.07, 6.45) is 9.92. The summed E-state index contributed by atoms with van der Waals surface area (Å²) < 4.78 is 0. The van der Waals surface area contributed by atoms with Crippen molar-refractivity contribution < 1.29 is 0 Å². The second-order valence-electron chi connectivity index (χ2n) is 5.24. The maximum atomic E-state index is 4.48. The van der Waals surface area contributed by atoms with Crippen molar-refractivity contribution in [3.05, 3.63) is 48.2 Å². The molecule has 0 saturated heterocycles. The molecule has 104 valence electrons. The monoisotopic (exact) mass is 269 g/mol. The Morgan fingerprint density at radius 3 is 2.80 bits per heavy atom. The summed E-state index contributed by atoms with van der Waals surface area (Å²) in [6.45, 7) is 1.59. The zero-order chi connectivity index (χ0) is 13.8. The maximum Gasteiger partial charge on any atom is 0.147 e. The molecule has 5 nitrogen and oxygen atoms in total. The highest BCUT2D eigenvalue weighted by Gasteiger charge is 2.20. The molecule has 0 atom stereocenters. The SMILES string of the molecule is CN(Cc1cccnc1)c1cnc(CNC2CC2)cn1. The minimum Gasteiger partial charge on any atom is -0.354 e. The van der Waals surface area contributed by atoms with Crippen molar-refractivity contribution in [2.24, 2.45) is 0 Å². The Morgan fingerprint density at radius 2 is 2.15 bits per heavy atom. The van der Waals surface area contributed by atoms with Gasteiger partial charge in [-0.2, -0.15) is 0 Å². The van der Waals surface area contributed by atoms with E-state index in [1.54, 1.807) is 6.20 Å². The molecule has 20 heavy (non-hydrogen) atoms. The van der Waals surface area contributed by atoms with Crippen molar-refractivity contribution >= 4 is 5.82 Å². The summed E-state index contributed by atoms with van der Waals surface area (Å²) in [7, 11) is 2.01. The average Bonchev–Trinajstić information content (AvgIpc) is 3.31. The van der Waals surface area contributed by atoms with Gasteiger partial charge in [-0.15, -0.1) is 0 Å². The fourth-order valence-electron chi connectivity index (χ4n) is 2.02. The summed E-state index contributed by atoms with van der Waals surface area (Å²) in [5.74, 6) is 0.879. The van der Waals surface area contributed by atoms with Crippen LogP contribution in [0.2, 0.25) is 0 Å². The molecule has 1 aliphatic carbocycles. The zero-order valence-electron chi connectivity index (χ0n) is 11.7. The number of hydrogen-bond acceptors (Lipinski definition) is 5. The van der Waals surface area contributed by atoms with Gasteiger partial charge >= 0.3 is 0 Å². The van der Waals surface area contributed by atoms with Crippen molar-refractivity contribution in [2.75, 3.05) is 11.9 Å². The third-order valence-corrected chi connectivity index (χ3v) is 3.37. The lowest BCUT2D eigenvalue weighted by Gasteiger charge is -2.17. The van der Waals surface area contributed by atoms with Crippen LogP contribution >= 0.6 is 0 Å². The fourth-order valence-corrected chi connectivity index (χ4v) is 2.02. The van der Waals surface area contributed by atoms with Crippen LogP contribution in [0.1, 0.15) is 24.1 Å². The van der Waals surface area contributed by atoms with E-state index < -0.39 is 0 Å². The highest BCUT2D eigenvalue weighted by molar-refractivity contribution is 5.35. The van der Waals surface area contributed by atoms with Crippen molar-refractivity contribution in [1.82, 2.24) is 20.3 Å². The molecule has 0 amide bonds. The number of pyridine rings is 1. The van der Waals surface area contributed by atoms with Crippen LogP contribution in [-0.4, -0.2) is 28.0 Å². The standard InChI is InChI=1S/C15H19N5/c1-20(11-12-3-2-6-16-7-12)15-10-18-14(9-19-15)8-17-13-4-5-13/h2-3,6-7,9-10,13,17H,4-5,8,11H2,1H3. The van der Waals surface area contributed by atoms with E-state index in [0.717, 1.165) is 30.2 Å². The summed E-state index contributed by atoms with van der Waals surface area (Å²) in [4.78, 5) is 15.1. The van der Waals surface area contributed by atoms with Gasteiger partial charge in [-0.05, 0) is 24.5 Å². The summed E-state index contributed by atoms with van der Waals surface area (Å²) in [6, 6.07) is 4.71. The molecular formula is C15H19N5. The molecule has 1 N–H and O–H groups in total. The lowest BCUT2D eigenvalue weighted by Crippen LogP contribution is -2.19. The van der Waals surface area contributed by atoms with E-state index in [2.05, 4.69) is 31.2 Å². The Labute approximate surface area is 119 Å². The van der Waals surface area contributed by atoms with Gasteiger partial charge in [0.15, 0.2) is 0 Å². The van der Waals surface area contributed by atoms with E-state index in [1.807, 2.05) is 31.7 Å². The highest BCUT2D eigenvalue weighted by atomic mass is 15.2. The van der Waals surface area contributed by atoms with Gasteiger partial charge in [0.1, 0.15) is 5.82 Å². The van der Waals surface area contributed by atoms with Crippen LogP contribution in [0.25, 0.3) is 0 Å². The van der Waals surface area contributed by atoms with Crippen LogP contribution in [0.15, 0.2) is 36.9 Å². The van der Waals surface area contributed by atoms with Gasteiger partial charge < -0.3 is 10.2 Å². The Hall–Kier alpha value is -2.01. The van der Waals surface area contributed by atoms with Crippen LogP contribution in [-0.2, 0) is 13.1 Å². The average molecular weight is 269 g/mol. The lowest BCUT2D eigenvalue weighted by molar-refractivity contribution is 0.671. The van der Waals surface area contributed by atoms with Crippen LogP contribution in [0.3, 0.4) is 0 Å². The third-order valence-electron chi connectivity index (χ3n) is 3.37. The second kappa shape index (κ2) is 5.96.